The van der Waals surface area contributed by atoms with Gasteiger partial charge in [0.05, 0.1) is 12.0 Å². The van der Waals surface area contributed by atoms with Crippen molar-refractivity contribution in [2.75, 3.05) is 31.3 Å². The average Bonchev–Trinajstić information content (AvgIpc) is 3.19. The summed E-state index contributed by atoms with van der Waals surface area (Å²) >= 11 is 3.46. The number of halogens is 1. The monoisotopic (exact) mass is 458 g/mol. The zero-order chi connectivity index (χ0) is 20.3. The topological polar surface area (TPSA) is 67.9 Å². The molecule has 0 radical (unpaired) electrons. The minimum Gasteiger partial charge on any atom is -0.447 e. The van der Waals surface area contributed by atoms with E-state index in [4.69, 9.17) is 9.47 Å². The maximum Gasteiger partial charge on any atom is 0.414 e. The second-order valence-corrected chi connectivity index (χ2v) is 8.24. The standard InChI is InChI=1S/C22H23BrN2O4/c23-18-6-4-17(5-7-18)22(8-11-28-12-9-22)20(26)24-15-16-2-1-3-19(14-16)25-10-13-29-21(25)27/h1-7,14H,8-13,15H2,(H,24,26). The molecule has 0 unspecified atom stereocenters. The lowest BCUT2D eigenvalue weighted by Crippen LogP contribution is -2.47. The van der Waals surface area contributed by atoms with Crippen LogP contribution in [0.5, 0.6) is 0 Å². The van der Waals surface area contributed by atoms with Gasteiger partial charge in [-0.15, -0.1) is 0 Å². The molecule has 2 aromatic rings. The van der Waals surface area contributed by atoms with Crippen LogP contribution in [0.2, 0.25) is 0 Å². The third kappa shape index (κ3) is 4.16. The molecule has 2 heterocycles. The summed E-state index contributed by atoms with van der Waals surface area (Å²) in [6, 6.07) is 15.6. The van der Waals surface area contributed by atoms with Crippen molar-refractivity contribution in [3.8, 4) is 0 Å². The van der Waals surface area contributed by atoms with Gasteiger partial charge >= 0.3 is 6.09 Å². The molecule has 2 aliphatic heterocycles. The molecule has 2 saturated heterocycles. The van der Waals surface area contributed by atoms with Crippen LogP contribution in [0.1, 0.15) is 24.0 Å². The molecule has 2 aliphatic rings. The van der Waals surface area contributed by atoms with Gasteiger partial charge in [0.1, 0.15) is 6.61 Å². The zero-order valence-corrected chi connectivity index (χ0v) is 17.6. The maximum absolute atomic E-state index is 13.3. The van der Waals surface area contributed by atoms with E-state index in [1.54, 1.807) is 4.90 Å². The third-order valence-electron chi connectivity index (χ3n) is 5.61. The second-order valence-electron chi connectivity index (χ2n) is 7.32. The Hall–Kier alpha value is -2.38. The number of anilines is 1. The molecule has 7 heteroatoms. The van der Waals surface area contributed by atoms with Crippen molar-refractivity contribution in [3.05, 3.63) is 64.1 Å². The van der Waals surface area contributed by atoms with Crippen molar-refractivity contribution in [1.29, 1.82) is 0 Å². The number of carbonyl (C=O) groups excluding carboxylic acids is 2. The molecule has 6 nitrogen and oxygen atoms in total. The number of benzene rings is 2. The normalized spacial score (nSPS) is 18.4. The Kier molecular flexibility index (Phi) is 5.87. The van der Waals surface area contributed by atoms with Crippen molar-refractivity contribution in [2.24, 2.45) is 0 Å². The molecule has 0 bridgehead atoms. The summed E-state index contributed by atoms with van der Waals surface area (Å²) in [4.78, 5) is 26.7. The molecule has 2 fully saturated rings. The number of hydrogen-bond acceptors (Lipinski definition) is 4. The van der Waals surface area contributed by atoms with Gasteiger partial charge in [-0.05, 0) is 48.2 Å². The van der Waals surface area contributed by atoms with E-state index in [2.05, 4.69) is 21.2 Å². The first-order chi connectivity index (χ1) is 14.1. The highest BCUT2D eigenvalue weighted by Crippen LogP contribution is 2.36. The molecule has 29 heavy (non-hydrogen) atoms. The van der Waals surface area contributed by atoms with Crippen molar-refractivity contribution in [3.63, 3.8) is 0 Å². The molecule has 2 amide bonds. The van der Waals surface area contributed by atoms with Gasteiger partial charge in [-0.2, -0.15) is 0 Å². The van der Waals surface area contributed by atoms with Crippen LogP contribution >= 0.6 is 15.9 Å². The predicted octanol–water partition coefficient (Wildman–Crippen LogP) is 3.77. The van der Waals surface area contributed by atoms with Gasteiger partial charge in [-0.3, -0.25) is 9.69 Å². The Balaban J connectivity index is 1.50. The third-order valence-corrected chi connectivity index (χ3v) is 6.14. The minimum absolute atomic E-state index is 0.00843. The van der Waals surface area contributed by atoms with E-state index in [0.29, 0.717) is 45.8 Å². The Bertz CT molecular complexity index is 894. The molecule has 0 spiro atoms. The van der Waals surface area contributed by atoms with Gasteiger partial charge in [-0.1, -0.05) is 40.2 Å². The Morgan fingerprint density at radius 2 is 1.86 bits per heavy atom. The summed E-state index contributed by atoms with van der Waals surface area (Å²) in [6.07, 6.45) is 0.975. The number of nitrogens with one attached hydrogen (secondary N) is 1. The van der Waals surface area contributed by atoms with E-state index in [1.807, 2.05) is 48.5 Å². The van der Waals surface area contributed by atoms with Gasteiger partial charge in [0.25, 0.3) is 0 Å². The first kappa shape index (κ1) is 19.9. The van der Waals surface area contributed by atoms with Gasteiger partial charge in [0, 0.05) is 29.9 Å². The van der Waals surface area contributed by atoms with E-state index in [1.165, 1.54) is 0 Å². The van der Waals surface area contributed by atoms with Crippen LogP contribution < -0.4 is 10.2 Å². The van der Waals surface area contributed by atoms with Crippen LogP contribution in [-0.4, -0.2) is 38.4 Å². The number of rotatable bonds is 5. The van der Waals surface area contributed by atoms with Crippen molar-refractivity contribution in [2.45, 2.75) is 24.8 Å². The van der Waals surface area contributed by atoms with Crippen LogP contribution in [0.3, 0.4) is 0 Å². The predicted molar refractivity (Wildman–Crippen MR) is 113 cm³/mol. The fraction of sp³-hybridized carbons (Fsp3) is 0.364. The zero-order valence-electron chi connectivity index (χ0n) is 16.0. The number of amides is 2. The van der Waals surface area contributed by atoms with Gasteiger partial charge in [-0.25, -0.2) is 4.79 Å². The summed E-state index contributed by atoms with van der Waals surface area (Å²) in [7, 11) is 0. The van der Waals surface area contributed by atoms with Crippen LogP contribution in [0.15, 0.2) is 53.0 Å². The van der Waals surface area contributed by atoms with E-state index >= 15 is 0 Å². The maximum atomic E-state index is 13.3. The van der Waals surface area contributed by atoms with Crippen LogP contribution in [-0.2, 0) is 26.2 Å². The fourth-order valence-electron chi connectivity index (χ4n) is 3.95. The van der Waals surface area contributed by atoms with Crippen LogP contribution in [0, 0.1) is 0 Å². The largest absolute Gasteiger partial charge is 0.447 e. The number of hydrogen-bond donors (Lipinski definition) is 1. The smallest absolute Gasteiger partial charge is 0.414 e. The lowest BCUT2D eigenvalue weighted by molar-refractivity contribution is -0.130. The Morgan fingerprint density at radius 1 is 1.10 bits per heavy atom. The van der Waals surface area contributed by atoms with Crippen molar-refractivity contribution in [1.82, 2.24) is 5.32 Å². The van der Waals surface area contributed by atoms with Gasteiger partial charge in [0.2, 0.25) is 5.91 Å². The van der Waals surface area contributed by atoms with Gasteiger partial charge in [0.15, 0.2) is 0 Å². The Morgan fingerprint density at radius 3 is 2.55 bits per heavy atom. The number of ether oxygens (including phenoxy) is 2. The molecule has 2 aromatic carbocycles. The minimum atomic E-state index is -0.588. The fourth-order valence-corrected chi connectivity index (χ4v) is 4.21. The highest BCUT2D eigenvalue weighted by molar-refractivity contribution is 9.10. The summed E-state index contributed by atoms with van der Waals surface area (Å²) in [5, 5.41) is 3.11. The Labute approximate surface area is 178 Å². The van der Waals surface area contributed by atoms with Crippen LogP contribution in [0.25, 0.3) is 0 Å². The average molecular weight is 459 g/mol. The second kappa shape index (κ2) is 8.55. The van der Waals surface area contributed by atoms with Crippen molar-refractivity contribution >= 4 is 33.6 Å². The SMILES string of the molecule is O=C1OCCN1c1cccc(CNC(=O)C2(c3ccc(Br)cc3)CCOCC2)c1. The molecule has 0 atom stereocenters. The molecular weight excluding hydrogens is 436 g/mol. The lowest BCUT2D eigenvalue weighted by Gasteiger charge is -2.36. The van der Waals surface area contributed by atoms with Crippen molar-refractivity contribution < 1.29 is 19.1 Å². The van der Waals surface area contributed by atoms with Gasteiger partial charge < -0.3 is 14.8 Å². The van der Waals surface area contributed by atoms with Crippen LogP contribution in [0.4, 0.5) is 10.5 Å². The lowest BCUT2D eigenvalue weighted by atomic mass is 9.73. The number of carbonyl (C=O) groups is 2. The highest BCUT2D eigenvalue weighted by Gasteiger charge is 2.41. The summed E-state index contributed by atoms with van der Waals surface area (Å²) in [5.41, 5.74) is 2.14. The van der Waals surface area contributed by atoms with E-state index in [-0.39, 0.29) is 12.0 Å². The quantitative estimate of drug-likeness (QED) is 0.740. The van der Waals surface area contributed by atoms with E-state index in [9.17, 15) is 9.59 Å². The summed E-state index contributed by atoms with van der Waals surface area (Å²) in [5.74, 6) is 0.00843. The first-order valence-electron chi connectivity index (χ1n) is 9.74. The molecule has 0 saturated carbocycles. The van der Waals surface area contributed by atoms with E-state index < -0.39 is 5.41 Å². The molecule has 4 rings (SSSR count). The molecule has 152 valence electrons. The molecule has 0 aromatic heterocycles. The number of nitrogens with zero attached hydrogens (tertiary/aromatic N) is 1. The summed E-state index contributed by atoms with van der Waals surface area (Å²) < 4.78 is 11.5. The molecular formula is C22H23BrN2O4. The van der Waals surface area contributed by atoms with E-state index in [0.717, 1.165) is 21.3 Å². The molecule has 0 aliphatic carbocycles. The molecule has 1 N–H and O–H groups in total. The first-order valence-corrected chi connectivity index (χ1v) is 10.5. The highest BCUT2D eigenvalue weighted by atomic mass is 79.9. The number of cyclic esters (lactones) is 1. The summed E-state index contributed by atoms with van der Waals surface area (Å²) in [6.45, 7) is 2.47.